The molecule has 0 unspecified atom stereocenters. The van der Waals surface area contributed by atoms with Crippen LogP contribution in [-0.2, 0) is 0 Å². The molecule has 9 aromatic carbocycles. The van der Waals surface area contributed by atoms with E-state index in [1.807, 2.05) is 30.3 Å². The third-order valence-electron chi connectivity index (χ3n) is 8.52. The van der Waals surface area contributed by atoms with Gasteiger partial charge in [-0.05, 0) is 71.7 Å². The molecule has 1 aromatic heterocycles. The van der Waals surface area contributed by atoms with Crippen molar-refractivity contribution in [3.05, 3.63) is 200 Å². The van der Waals surface area contributed by atoms with Crippen LogP contribution in [0, 0.1) is 0 Å². The molecule has 0 N–H and O–H groups in total. The van der Waals surface area contributed by atoms with Crippen LogP contribution in [0.25, 0.3) is 99.9 Å². The van der Waals surface area contributed by atoms with E-state index in [0.29, 0.717) is 0 Å². The fraction of sp³-hybridized carbons (Fsp3) is 0. The maximum Gasteiger partial charge on any atom is 0.164 e. The predicted octanol–water partition coefficient (Wildman–Crippen LogP) is 13.3. The molecule has 0 aliphatic heterocycles. The fourth-order valence-corrected chi connectivity index (χ4v) is 5.93. The lowest BCUT2D eigenvalue weighted by Crippen LogP contribution is -2.00. The molecule has 0 radical (unpaired) electrons. The Morgan fingerprint density at radius 1 is 0.259 bits per heavy atom. The summed E-state index contributed by atoms with van der Waals surface area (Å²) in [6.07, 6.45) is 0. The normalized spacial score (nSPS) is 17.6. The minimum atomic E-state index is -0.941. The van der Waals surface area contributed by atoms with Crippen LogP contribution < -0.4 is 0 Å². The number of nitrogens with zero attached hydrogens (tertiary/aromatic N) is 3. The van der Waals surface area contributed by atoms with Crippen LogP contribution in [0.5, 0.6) is 0 Å². The van der Waals surface area contributed by atoms with Crippen LogP contribution in [0.4, 0.5) is 0 Å². The highest BCUT2D eigenvalue weighted by Gasteiger charge is 2.14. The SMILES string of the molecule is [2H]c1c([2H])c([2H])c(-c2c([2H])c([2H])c(-c3nc(-c4ccc(-c5ccccc5)cc4)nc(-c4c([2H])c([2H])c(-c5c([2H])c([2H])c6c7c([2H])c([2H])c([2H])c([2H])c7c7c([2H])c([2H])c([2H])c([2H])c7c6c5[2H])c([2H])c4[2H])n3)c([2H])c2[2H])c([2H])c1[2H]. The summed E-state index contributed by atoms with van der Waals surface area (Å²) >= 11 is 0. The van der Waals surface area contributed by atoms with Crippen LogP contribution in [0.3, 0.4) is 0 Å². The summed E-state index contributed by atoms with van der Waals surface area (Å²) in [6.45, 7) is 0. The van der Waals surface area contributed by atoms with Crippen molar-refractivity contribution in [1.29, 1.82) is 0 Å². The predicted molar refractivity (Wildman–Crippen MR) is 225 cm³/mol. The molecule has 0 amide bonds. The van der Waals surface area contributed by atoms with Gasteiger partial charge in [-0.2, -0.15) is 0 Å². The van der Waals surface area contributed by atoms with Crippen molar-refractivity contribution in [1.82, 2.24) is 15.0 Å². The van der Waals surface area contributed by atoms with E-state index >= 15 is 0 Å². The van der Waals surface area contributed by atoms with Crippen LogP contribution in [0.15, 0.2) is 200 Å². The molecule has 0 fully saturated rings. The van der Waals surface area contributed by atoms with Crippen molar-refractivity contribution < 1.29 is 32.9 Å². The van der Waals surface area contributed by atoms with Crippen LogP contribution >= 0.6 is 0 Å². The van der Waals surface area contributed by atoms with E-state index in [1.165, 1.54) is 0 Å². The number of aromatic nitrogens is 3. The highest BCUT2D eigenvalue weighted by atomic mass is 15.0. The minimum Gasteiger partial charge on any atom is -0.208 e. The molecule has 0 spiro atoms. The summed E-state index contributed by atoms with van der Waals surface area (Å²) < 4.78 is 214. The standard InChI is InChI=1S/C51H33N3/c1-3-11-34(12-4-1)36-19-25-39(26-20-36)49-52-50(40-27-21-37(22-28-40)35-13-5-2-6-14-35)54-51(53-49)41-29-23-38(24-30-41)42-31-32-47-45-17-8-7-15-43(45)44-16-9-10-18-46(44)48(47)33-42/h1-33H/i1D,3D,4D,7D,8D,9D,10D,11D,12D,15D,16D,17D,18D,19D,20D,23D,24D,25D,26D,29D,30D,31D,32D,33D. The number of hydrogen-bond acceptors (Lipinski definition) is 3. The van der Waals surface area contributed by atoms with Crippen LogP contribution in [0.2, 0.25) is 0 Å². The maximum absolute atomic E-state index is 9.67. The van der Waals surface area contributed by atoms with Crippen molar-refractivity contribution in [2.24, 2.45) is 0 Å². The molecule has 0 aliphatic carbocycles. The van der Waals surface area contributed by atoms with Crippen LogP contribution in [0.1, 0.15) is 32.9 Å². The van der Waals surface area contributed by atoms with Gasteiger partial charge in [0, 0.05) is 16.7 Å². The Kier molecular flexibility index (Phi) is 3.82. The van der Waals surface area contributed by atoms with Gasteiger partial charge in [0.1, 0.15) is 0 Å². The summed E-state index contributed by atoms with van der Waals surface area (Å²) in [4.78, 5) is 13.5. The zero-order valence-corrected chi connectivity index (χ0v) is 27.5. The number of rotatable bonds is 6. The van der Waals surface area contributed by atoms with Gasteiger partial charge in [-0.3, -0.25) is 0 Å². The average molecular weight is 712 g/mol. The largest absolute Gasteiger partial charge is 0.208 e. The highest BCUT2D eigenvalue weighted by Crippen LogP contribution is 2.37. The topological polar surface area (TPSA) is 38.7 Å². The molecule has 0 aliphatic rings. The van der Waals surface area contributed by atoms with E-state index in [4.69, 9.17) is 20.6 Å². The Balaban J connectivity index is 1.26. The summed E-state index contributed by atoms with van der Waals surface area (Å²) in [5.41, 5.74) is -2.11. The Labute approximate surface area is 347 Å². The maximum atomic E-state index is 9.67. The molecule has 3 nitrogen and oxygen atoms in total. The first kappa shape index (κ1) is 15.4. The molecule has 252 valence electrons. The quantitative estimate of drug-likeness (QED) is 0.161. The van der Waals surface area contributed by atoms with Crippen molar-refractivity contribution in [3.8, 4) is 67.5 Å². The van der Waals surface area contributed by atoms with Gasteiger partial charge in [0.2, 0.25) is 0 Å². The molecule has 10 aromatic rings. The summed E-state index contributed by atoms with van der Waals surface area (Å²) in [5.74, 6) is -1.44. The molecule has 0 saturated heterocycles. The number of hydrogen-bond donors (Lipinski definition) is 0. The van der Waals surface area contributed by atoms with Crippen molar-refractivity contribution in [2.75, 3.05) is 0 Å². The Bertz CT molecular complexity index is 4230. The van der Waals surface area contributed by atoms with Gasteiger partial charge in [-0.15, -0.1) is 0 Å². The molecular weight excluding hydrogens is 655 g/mol. The second-order valence-electron chi connectivity index (χ2n) is 11.7. The van der Waals surface area contributed by atoms with Crippen LogP contribution in [-0.4, -0.2) is 15.0 Å². The monoisotopic (exact) mass is 711 g/mol. The highest BCUT2D eigenvalue weighted by molar-refractivity contribution is 6.25. The fourth-order valence-electron chi connectivity index (χ4n) is 5.93. The molecule has 3 heteroatoms. The molecular formula is C51H33N3. The number of benzene rings is 9. The van der Waals surface area contributed by atoms with E-state index in [0.717, 1.165) is 11.1 Å². The molecule has 54 heavy (non-hydrogen) atoms. The molecule has 0 bridgehead atoms. The lowest BCUT2D eigenvalue weighted by atomic mass is 9.92. The molecule has 0 saturated carbocycles. The Morgan fingerprint density at radius 2 is 0.630 bits per heavy atom. The Hall–Kier alpha value is -7.23. The minimum absolute atomic E-state index is 0.237. The zero-order valence-electron chi connectivity index (χ0n) is 51.5. The van der Waals surface area contributed by atoms with Gasteiger partial charge < -0.3 is 0 Å². The van der Waals surface area contributed by atoms with Gasteiger partial charge >= 0.3 is 0 Å². The van der Waals surface area contributed by atoms with E-state index in [1.54, 1.807) is 24.3 Å². The van der Waals surface area contributed by atoms with E-state index in [9.17, 15) is 12.3 Å². The second-order valence-corrected chi connectivity index (χ2v) is 11.7. The molecule has 10 rings (SSSR count). The summed E-state index contributed by atoms with van der Waals surface area (Å²) in [5, 5.41) is -2.75. The zero-order chi connectivity index (χ0) is 56.7. The van der Waals surface area contributed by atoms with E-state index in [-0.39, 0.29) is 11.4 Å². The number of fused-ring (bicyclic) bond motifs is 6. The summed E-state index contributed by atoms with van der Waals surface area (Å²) in [7, 11) is 0. The Morgan fingerprint density at radius 3 is 1.19 bits per heavy atom. The molecule has 0 atom stereocenters. The van der Waals surface area contributed by atoms with Gasteiger partial charge in [0.15, 0.2) is 17.5 Å². The van der Waals surface area contributed by atoms with E-state index < -0.39 is 222 Å². The van der Waals surface area contributed by atoms with Gasteiger partial charge in [-0.25, -0.2) is 15.0 Å². The van der Waals surface area contributed by atoms with Gasteiger partial charge in [-0.1, -0.05) is 194 Å². The third kappa shape index (κ3) is 5.78. The van der Waals surface area contributed by atoms with Crippen molar-refractivity contribution in [2.45, 2.75) is 0 Å². The first-order valence-electron chi connectivity index (χ1n) is 28.3. The third-order valence-corrected chi connectivity index (χ3v) is 8.52. The smallest absolute Gasteiger partial charge is 0.164 e. The van der Waals surface area contributed by atoms with E-state index in [2.05, 4.69) is 15.0 Å². The van der Waals surface area contributed by atoms with Gasteiger partial charge in [0.25, 0.3) is 0 Å². The van der Waals surface area contributed by atoms with Gasteiger partial charge in [0.05, 0.1) is 32.9 Å². The molecule has 1 heterocycles. The summed E-state index contributed by atoms with van der Waals surface area (Å²) in [6, 6.07) is -3.93. The second kappa shape index (κ2) is 13.4. The average Bonchev–Trinajstić information content (AvgIpc) is 3.63. The first-order valence-corrected chi connectivity index (χ1v) is 16.3. The van der Waals surface area contributed by atoms with Crippen molar-refractivity contribution in [3.63, 3.8) is 0 Å². The van der Waals surface area contributed by atoms with Crippen molar-refractivity contribution >= 4 is 32.3 Å². The first-order chi connectivity index (χ1) is 36.8. The lowest BCUT2D eigenvalue weighted by molar-refractivity contribution is 1.07. The lowest BCUT2D eigenvalue weighted by Gasteiger charge is -2.12.